The molecule has 1 atom stereocenters. The molecule has 0 amide bonds. The number of carbonyl (C=O) groups is 1. The van der Waals surface area contributed by atoms with Gasteiger partial charge in [-0.3, -0.25) is 0 Å². The van der Waals surface area contributed by atoms with Crippen molar-refractivity contribution >= 4 is 16.0 Å². The summed E-state index contributed by atoms with van der Waals surface area (Å²) in [7, 11) is -5.94. The fraction of sp³-hybridized carbons (Fsp3) is 0.857. The second kappa shape index (κ2) is 5.34. The normalized spacial score (nSPS) is 15.4. The van der Waals surface area contributed by atoms with Crippen LogP contribution < -0.4 is 9.83 Å². The van der Waals surface area contributed by atoms with Gasteiger partial charge in [-0.15, -0.1) is 0 Å². The predicted octanol–water partition coefficient (Wildman–Crippen LogP) is -0.368. The fourth-order valence-electron chi connectivity index (χ4n) is 0.905. The Balaban J connectivity index is 5.10. The molecule has 1 unspecified atom stereocenters. The van der Waals surface area contributed by atoms with Gasteiger partial charge >= 0.3 is 11.2 Å². The molecule has 0 saturated heterocycles. The van der Waals surface area contributed by atoms with E-state index in [4.69, 9.17) is 0 Å². The Morgan fingerprint density at radius 3 is 2.11 bits per heavy atom. The smallest absolute Gasteiger partial charge is 0.423 e. The monoisotopic (exact) mass is 298 g/mol. The Kier molecular flexibility index (Phi) is 5.06. The first-order valence-electron chi connectivity index (χ1n) is 4.40. The number of aliphatic carboxylic acids is 1. The summed E-state index contributed by atoms with van der Waals surface area (Å²) in [4.78, 5) is 10.1. The van der Waals surface area contributed by atoms with E-state index in [1.807, 2.05) is 0 Å². The van der Waals surface area contributed by atoms with E-state index < -0.39 is 46.3 Å². The van der Waals surface area contributed by atoms with Crippen molar-refractivity contribution in [1.29, 1.82) is 0 Å². The van der Waals surface area contributed by atoms with E-state index in [1.165, 1.54) is 0 Å². The molecule has 0 aliphatic heterocycles. The van der Waals surface area contributed by atoms with Crippen LogP contribution in [0, 0.1) is 0 Å². The summed E-state index contributed by atoms with van der Waals surface area (Å²) in [5.74, 6) is -7.19. The average molecular weight is 298 g/mol. The number of rotatable bonds is 7. The third kappa shape index (κ3) is 3.51. The van der Waals surface area contributed by atoms with Gasteiger partial charge in [0.05, 0.1) is 0 Å². The van der Waals surface area contributed by atoms with Gasteiger partial charge in [-0.1, -0.05) is 0 Å². The minimum Gasteiger partial charge on any atom is -0.550 e. The summed E-state index contributed by atoms with van der Waals surface area (Å²) in [5, 5.41) is 4.36. The van der Waals surface area contributed by atoms with Gasteiger partial charge in [-0.25, -0.2) is 17.5 Å². The number of carbonyl (C=O) groups excluding carboxylic acids is 1. The summed E-state index contributed by atoms with van der Waals surface area (Å²) in [6.45, 7) is -2.03. The predicted molar refractivity (Wildman–Crippen MR) is 47.0 cm³/mol. The molecule has 0 aliphatic carbocycles. The quantitative estimate of drug-likeness (QED) is 0.650. The van der Waals surface area contributed by atoms with Crippen LogP contribution in [-0.4, -0.2) is 38.3 Å². The molecule has 0 aromatic heterocycles. The molecule has 108 valence electrons. The van der Waals surface area contributed by atoms with E-state index in [1.54, 1.807) is 0 Å². The van der Waals surface area contributed by atoms with Crippen molar-refractivity contribution in [2.45, 2.75) is 30.6 Å². The number of nitrogens with one attached hydrogen (secondary N) is 1. The molecule has 0 spiro atoms. The molecular weight excluding hydrogens is 289 g/mol. The number of halogens is 5. The summed E-state index contributed by atoms with van der Waals surface area (Å²) >= 11 is 0. The highest BCUT2D eigenvalue weighted by Crippen LogP contribution is 2.38. The molecule has 5 nitrogen and oxygen atoms in total. The van der Waals surface area contributed by atoms with Gasteiger partial charge in [0.15, 0.2) is 6.67 Å². The van der Waals surface area contributed by atoms with Crippen LogP contribution in [0.15, 0.2) is 0 Å². The standard InChI is InChI=1S/C7H10F5NO4S/c1-4(2-5(14)15)13-18(16,17)7(11,12)6(9,10)3-8/h4,13H,2-3H2,1H3,(H,14,15)/p-1. The number of alkyl halides is 5. The maximum atomic E-state index is 12.9. The van der Waals surface area contributed by atoms with Crippen molar-refractivity contribution in [3.05, 3.63) is 0 Å². The van der Waals surface area contributed by atoms with E-state index in [9.17, 15) is 40.3 Å². The van der Waals surface area contributed by atoms with Crippen molar-refractivity contribution in [2.75, 3.05) is 6.67 Å². The third-order valence-electron chi connectivity index (χ3n) is 1.76. The van der Waals surface area contributed by atoms with Gasteiger partial charge in [0.1, 0.15) is 0 Å². The van der Waals surface area contributed by atoms with Crippen molar-refractivity contribution < 1.29 is 40.3 Å². The average Bonchev–Trinajstić information content (AvgIpc) is 2.14. The highest BCUT2D eigenvalue weighted by atomic mass is 32.2. The lowest BCUT2D eigenvalue weighted by molar-refractivity contribution is -0.306. The maximum Gasteiger partial charge on any atom is 0.423 e. The molecule has 1 N–H and O–H groups in total. The summed E-state index contributed by atoms with van der Waals surface area (Å²) in [6.07, 6.45) is -1.00. The summed E-state index contributed by atoms with van der Waals surface area (Å²) in [5.41, 5.74) is 0. The first-order chi connectivity index (χ1) is 7.87. The van der Waals surface area contributed by atoms with Gasteiger partial charge < -0.3 is 9.90 Å². The second-order valence-electron chi connectivity index (χ2n) is 3.45. The van der Waals surface area contributed by atoms with Crippen molar-refractivity contribution in [3.63, 3.8) is 0 Å². The van der Waals surface area contributed by atoms with Crippen molar-refractivity contribution in [1.82, 2.24) is 4.72 Å². The third-order valence-corrected chi connectivity index (χ3v) is 3.45. The van der Waals surface area contributed by atoms with E-state index in [0.717, 1.165) is 11.6 Å². The number of carboxylic acid groups (broad SMARTS) is 1. The van der Waals surface area contributed by atoms with E-state index in [0.29, 0.717) is 0 Å². The maximum absolute atomic E-state index is 12.9. The van der Waals surface area contributed by atoms with Crippen LogP contribution >= 0.6 is 0 Å². The van der Waals surface area contributed by atoms with Crippen molar-refractivity contribution in [3.8, 4) is 0 Å². The molecule has 0 bridgehead atoms. The van der Waals surface area contributed by atoms with Crippen LogP contribution in [0.3, 0.4) is 0 Å². The first kappa shape index (κ1) is 17.0. The molecule has 0 saturated carbocycles. The fourth-order valence-corrected chi connectivity index (χ4v) is 2.11. The number of carboxylic acids is 1. The molecule has 0 aromatic carbocycles. The minimum atomic E-state index is -5.94. The van der Waals surface area contributed by atoms with Gasteiger partial charge in [0, 0.05) is 18.4 Å². The lowest BCUT2D eigenvalue weighted by Crippen LogP contribution is -2.55. The molecule has 0 radical (unpaired) electrons. The first-order valence-corrected chi connectivity index (χ1v) is 5.89. The van der Waals surface area contributed by atoms with Crippen LogP contribution in [0.5, 0.6) is 0 Å². The lowest BCUT2D eigenvalue weighted by atomic mass is 10.3. The molecule has 11 heteroatoms. The Hall–Kier alpha value is -0.970. The molecule has 0 rings (SSSR count). The van der Waals surface area contributed by atoms with Gasteiger partial charge in [-0.05, 0) is 6.92 Å². The molecule has 0 fully saturated rings. The molecule has 0 heterocycles. The zero-order valence-electron chi connectivity index (χ0n) is 8.92. The van der Waals surface area contributed by atoms with Crippen molar-refractivity contribution in [2.24, 2.45) is 0 Å². The Labute approximate surface area is 99.0 Å². The topological polar surface area (TPSA) is 86.3 Å². The zero-order chi connectivity index (χ0) is 14.8. The number of hydrogen-bond donors (Lipinski definition) is 1. The van der Waals surface area contributed by atoms with E-state index >= 15 is 0 Å². The summed E-state index contributed by atoms with van der Waals surface area (Å²) in [6, 6.07) is -1.61. The van der Waals surface area contributed by atoms with Crippen LogP contribution in [-0.2, 0) is 14.8 Å². The van der Waals surface area contributed by atoms with E-state index in [2.05, 4.69) is 0 Å². The van der Waals surface area contributed by atoms with Crippen LogP contribution in [0.25, 0.3) is 0 Å². The highest BCUT2D eigenvalue weighted by molar-refractivity contribution is 7.90. The number of hydrogen-bond acceptors (Lipinski definition) is 4. The minimum absolute atomic E-state index is 0.844. The molecule has 0 aliphatic rings. The molecule has 0 aromatic rings. The Morgan fingerprint density at radius 2 is 1.78 bits per heavy atom. The van der Waals surface area contributed by atoms with Gasteiger partial charge in [0.2, 0.25) is 0 Å². The summed E-state index contributed by atoms with van der Waals surface area (Å²) < 4.78 is 85.3. The Bertz CT molecular complexity index is 410. The molecular formula is C7H9F5NO4S-. The highest BCUT2D eigenvalue weighted by Gasteiger charge is 2.66. The van der Waals surface area contributed by atoms with Gasteiger partial charge in [0.25, 0.3) is 10.0 Å². The van der Waals surface area contributed by atoms with Gasteiger partial charge in [-0.2, -0.15) is 17.6 Å². The van der Waals surface area contributed by atoms with Crippen LogP contribution in [0.1, 0.15) is 13.3 Å². The SMILES string of the molecule is CC(CC(=O)[O-])NS(=O)(=O)C(F)(F)C(F)(F)CF. The number of sulfonamides is 1. The van der Waals surface area contributed by atoms with Crippen LogP contribution in [0.2, 0.25) is 0 Å². The zero-order valence-corrected chi connectivity index (χ0v) is 9.74. The molecule has 18 heavy (non-hydrogen) atoms. The lowest BCUT2D eigenvalue weighted by Gasteiger charge is -2.25. The van der Waals surface area contributed by atoms with Crippen LogP contribution in [0.4, 0.5) is 22.0 Å². The largest absolute Gasteiger partial charge is 0.550 e. The second-order valence-corrected chi connectivity index (χ2v) is 5.21. The Morgan fingerprint density at radius 1 is 1.33 bits per heavy atom. The van der Waals surface area contributed by atoms with E-state index in [-0.39, 0.29) is 0 Å².